The monoisotopic (exact) mass is 349 g/mol. The molecule has 0 radical (unpaired) electrons. The van der Waals surface area contributed by atoms with Crippen molar-refractivity contribution >= 4 is 29.4 Å². The number of carbonyl (C=O) groups excluding carboxylic acids is 3. The van der Waals surface area contributed by atoms with Crippen molar-refractivity contribution in [1.29, 1.82) is 0 Å². The first-order valence-electron chi connectivity index (χ1n) is 8.11. The van der Waals surface area contributed by atoms with E-state index in [2.05, 4.69) is 10.6 Å². The van der Waals surface area contributed by atoms with Gasteiger partial charge in [0.05, 0.1) is 0 Å². The van der Waals surface area contributed by atoms with Crippen LogP contribution in [-0.2, 0) is 16.1 Å². The molecule has 0 aromatic heterocycles. The molecule has 0 unspecified atom stereocenters. The molecule has 1 aliphatic heterocycles. The summed E-state index contributed by atoms with van der Waals surface area (Å²) in [6.07, 6.45) is 3.10. The minimum Gasteiger partial charge on any atom is -0.350 e. The Labute approximate surface area is 145 Å². The van der Waals surface area contributed by atoms with Crippen LogP contribution in [0.3, 0.4) is 0 Å². The van der Waals surface area contributed by atoms with E-state index in [4.69, 9.17) is 11.6 Å². The number of hydrogen-bond donors (Lipinski definition) is 2. The van der Waals surface area contributed by atoms with Gasteiger partial charge < -0.3 is 10.6 Å². The fourth-order valence-corrected chi connectivity index (χ4v) is 3.60. The molecule has 1 saturated heterocycles. The summed E-state index contributed by atoms with van der Waals surface area (Å²) in [5.41, 5.74) is -0.0156. The largest absolute Gasteiger partial charge is 0.350 e. The van der Waals surface area contributed by atoms with Gasteiger partial charge in [0.25, 0.3) is 5.91 Å². The Morgan fingerprint density at radius 1 is 1.33 bits per heavy atom. The predicted octanol–water partition coefficient (Wildman–Crippen LogP) is 2.21. The van der Waals surface area contributed by atoms with E-state index in [9.17, 15) is 14.4 Å². The zero-order chi connectivity index (χ0) is 17.3. The van der Waals surface area contributed by atoms with Crippen LogP contribution in [0.1, 0.15) is 38.2 Å². The number of halogens is 1. The molecule has 128 valence electrons. The van der Waals surface area contributed by atoms with Gasteiger partial charge in [-0.3, -0.25) is 9.59 Å². The number of nitrogens with zero attached hydrogens (tertiary/aromatic N) is 1. The van der Waals surface area contributed by atoms with Crippen molar-refractivity contribution in [3.63, 3.8) is 0 Å². The third kappa shape index (κ3) is 2.86. The molecule has 1 aromatic carbocycles. The number of hydrogen-bond acceptors (Lipinski definition) is 3. The van der Waals surface area contributed by atoms with Crippen LogP contribution in [0.15, 0.2) is 24.3 Å². The summed E-state index contributed by atoms with van der Waals surface area (Å²) in [4.78, 5) is 38.3. The number of amides is 4. The third-order valence-corrected chi connectivity index (χ3v) is 5.20. The molecule has 2 fully saturated rings. The van der Waals surface area contributed by atoms with Crippen LogP contribution in [0.4, 0.5) is 4.79 Å². The fourth-order valence-electron chi connectivity index (χ4n) is 3.40. The van der Waals surface area contributed by atoms with Crippen LogP contribution in [0.5, 0.6) is 0 Å². The Balaban J connectivity index is 1.66. The lowest BCUT2D eigenvalue weighted by Crippen LogP contribution is -2.49. The maximum absolute atomic E-state index is 12.7. The van der Waals surface area contributed by atoms with Gasteiger partial charge in [0, 0.05) is 11.6 Å². The van der Waals surface area contributed by atoms with E-state index in [0.717, 1.165) is 23.3 Å². The standard InChI is InChI=1S/C17H20ClN3O3/c1-11(14(22)19-10-12-6-2-3-7-13(12)18)21-15(23)17(20-16(21)24)8-4-5-9-17/h2-3,6-7,11H,4-5,8-10H2,1H3,(H,19,22)(H,20,24)/t11-/m1/s1. The average molecular weight is 350 g/mol. The molecule has 1 heterocycles. The number of rotatable bonds is 4. The Hall–Kier alpha value is -2.08. The molecule has 1 aromatic rings. The summed E-state index contributed by atoms with van der Waals surface area (Å²) in [5, 5.41) is 6.08. The SMILES string of the molecule is C[C@H](C(=O)NCc1ccccc1Cl)N1C(=O)NC2(CCCC2)C1=O. The Bertz CT molecular complexity index is 685. The highest BCUT2D eigenvalue weighted by molar-refractivity contribution is 6.31. The highest BCUT2D eigenvalue weighted by atomic mass is 35.5. The molecule has 6 nitrogen and oxygen atoms in total. The van der Waals surface area contributed by atoms with Crippen molar-refractivity contribution in [3.05, 3.63) is 34.9 Å². The van der Waals surface area contributed by atoms with Crippen LogP contribution in [0, 0.1) is 0 Å². The van der Waals surface area contributed by atoms with Crippen LogP contribution >= 0.6 is 11.6 Å². The Morgan fingerprint density at radius 2 is 2.00 bits per heavy atom. The number of nitrogens with one attached hydrogen (secondary N) is 2. The molecule has 4 amide bonds. The van der Waals surface area contributed by atoms with E-state index in [-0.39, 0.29) is 18.4 Å². The summed E-state index contributed by atoms with van der Waals surface area (Å²) >= 11 is 6.06. The Kier molecular flexibility index (Phi) is 4.49. The van der Waals surface area contributed by atoms with Gasteiger partial charge in [-0.05, 0) is 31.4 Å². The normalized spacial score (nSPS) is 20.3. The second-order valence-corrected chi connectivity index (χ2v) is 6.79. The number of imide groups is 1. The molecule has 1 aliphatic carbocycles. The van der Waals surface area contributed by atoms with Crippen molar-refractivity contribution in [3.8, 4) is 0 Å². The molecule has 24 heavy (non-hydrogen) atoms. The predicted molar refractivity (Wildman–Crippen MR) is 89.3 cm³/mol. The summed E-state index contributed by atoms with van der Waals surface area (Å²) in [6.45, 7) is 1.81. The number of carbonyl (C=O) groups is 3. The molecule has 2 N–H and O–H groups in total. The molecule has 3 rings (SSSR count). The lowest BCUT2D eigenvalue weighted by Gasteiger charge is -2.23. The molecule has 0 bridgehead atoms. The zero-order valence-corrected chi connectivity index (χ0v) is 14.2. The first kappa shape index (κ1) is 16.8. The number of urea groups is 1. The minimum absolute atomic E-state index is 0.248. The van der Waals surface area contributed by atoms with E-state index in [1.807, 2.05) is 18.2 Å². The molecule has 1 spiro atoms. The second kappa shape index (κ2) is 6.43. The van der Waals surface area contributed by atoms with Crippen molar-refractivity contribution in [1.82, 2.24) is 15.5 Å². The maximum Gasteiger partial charge on any atom is 0.325 e. The van der Waals surface area contributed by atoms with Gasteiger partial charge in [-0.25, -0.2) is 9.69 Å². The highest BCUT2D eigenvalue weighted by Crippen LogP contribution is 2.35. The van der Waals surface area contributed by atoms with Gasteiger partial charge in [0.2, 0.25) is 5.91 Å². The lowest BCUT2D eigenvalue weighted by molar-refractivity contribution is -0.137. The van der Waals surface area contributed by atoms with Gasteiger partial charge in [0.15, 0.2) is 0 Å². The molecule has 7 heteroatoms. The zero-order valence-electron chi connectivity index (χ0n) is 13.5. The van der Waals surface area contributed by atoms with Gasteiger partial charge in [-0.2, -0.15) is 0 Å². The van der Waals surface area contributed by atoms with Crippen LogP contribution < -0.4 is 10.6 Å². The number of benzene rings is 1. The van der Waals surface area contributed by atoms with Crippen molar-refractivity contribution in [2.24, 2.45) is 0 Å². The van der Waals surface area contributed by atoms with Crippen LogP contribution in [0.25, 0.3) is 0 Å². The van der Waals surface area contributed by atoms with E-state index < -0.39 is 17.6 Å². The van der Waals surface area contributed by atoms with Crippen molar-refractivity contribution in [2.75, 3.05) is 0 Å². The molecular formula is C17H20ClN3O3. The molecular weight excluding hydrogens is 330 g/mol. The second-order valence-electron chi connectivity index (χ2n) is 6.38. The average Bonchev–Trinajstić information content (AvgIpc) is 3.12. The van der Waals surface area contributed by atoms with Crippen molar-refractivity contribution < 1.29 is 14.4 Å². The fraction of sp³-hybridized carbons (Fsp3) is 0.471. The Morgan fingerprint density at radius 3 is 2.67 bits per heavy atom. The van der Waals surface area contributed by atoms with Gasteiger partial charge in [-0.15, -0.1) is 0 Å². The van der Waals surface area contributed by atoms with Gasteiger partial charge in [-0.1, -0.05) is 42.6 Å². The first-order chi connectivity index (χ1) is 11.4. The van der Waals surface area contributed by atoms with E-state index >= 15 is 0 Å². The molecule has 2 aliphatic rings. The molecule has 1 saturated carbocycles. The quantitative estimate of drug-likeness (QED) is 0.818. The van der Waals surface area contributed by atoms with Crippen LogP contribution in [-0.4, -0.2) is 34.3 Å². The topological polar surface area (TPSA) is 78.5 Å². The van der Waals surface area contributed by atoms with Crippen molar-refractivity contribution in [2.45, 2.75) is 50.7 Å². The summed E-state index contributed by atoms with van der Waals surface area (Å²) in [7, 11) is 0. The van der Waals surface area contributed by atoms with Gasteiger partial charge >= 0.3 is 6.03 Å². The lowest BCUT2D eigenvalue weighted by atomic mass is 9.97. The van der Waals surface area contributed by atoms with Gasteiger partial charge in [0.1, 0.15) is 11.6 Å². The first-order valence-corrected chi connectivity index (χ1v) is 8.49. The summed E-state index contributed by atoms with van der Waals surface area (Å²) in [5.74, 6) is -0.668. The highest BCUT2D eigenvalue weighted by Gasteiger charge is 2.54. The van der Waals surface area contributed by atoms with E-state index in [1.165, 1.54) is 0 Å². The van der Waals surface area contributed by atoms with Crippen LogP contribution in [0.2, 0.25) is 5.02 Å². The minimum atomic E-state index is -0.861. The van der Waals surface area contributed by atoms with E-state index in [0.29, 0.717) is 17.9 Å². The summed E-state index contributed by atoms with van der Waals surface area (Å²) < 4.78 is 0. The maximum atomic E-state index is 12.7. The van der Waals surface area contributed by atoms with E-state index in [1.54, 1.807) is 13.0 Å². The third-order valence-electron chi connectivity index (χ3n) is 4.83. The summed E-state index contributed by atoms with van der Waals surface area (Å²) in [6, 6.07) is 5.85. The molecule has 1 atom stereocenters. The smallest absolute Gasteiger partial charge is 0.325 e.